The van der Waals surface area contributed by atoms with Crippen molar-refractivity contribution in [3.8, 4) is 18.1 Å². The van der Waals surface area contributed by atoms with E-state index in [2.05, 4.69) is 16.6 Å². The first-order valence-corrected chi connectivity index (χ1v) is 9.78. The van der Waals surface area contributed by atoms with Gasteiger partial charge in [0.25, 0.3) is 0 Å². The van der Waals surface area contributed by atoms with Gasteiger partial charge in [0.05, 0.1) is 52.2 Å². The fraction of sp³-hybridized carbons (Fsp3) is 0.571. The third kappa shape index (κ3) is 10.3. The number of terminal acetylenes is 1. The van der Waals surface area contributed by atoms with Crippen molar-refractivity contribution in [1.29, 1.82) is 0 Å². The Morgan fingerprint density at radius 1 is 0.931 bits per heavy atom. The third-order valence-electron chi connectivity index (χ3n) is 4.07. The number of anilines is 1. The Morgan fingerprint density at radius 3 is 2.00 bits per heavy atom. The molecule has 0 spiro atoms. The van der Waals surface area contributed by atoms with Crippen LogP contribution < -0.4 is 15.4 Å². The summed E-state index contributed by atoms with van der Waals surface area (Å²) < 4.78 is 26.9. The van der Waals surface area contributed by atoms with Crippen molar-refractivity contribution in [2.24, 2.45) is 5.92 Å². The molecule has 0 radical (unpaired) electrons. The molecule has 2 N–H and O–H groups in total. The van der Waals surface area contributed by atoms with E-state index in [1.807, 2.05) is 24.3 Å². The Hall–Kier alpha value is -2.15. The van der Waals surface area contributed by atoms with E-state index >= 15 is 0 Å². The summed E-state index contributed by atoms with van der Waals surface area (Å²) >= 11 is 0. The Labute approximate surface area is 172 Å². The maximum Gasteiger partial charge on any atom is 0.230 e. The first-order valence-electron chi connectivity index (χ1n) is 9.78. The van der Waals surface area contributed by atoms with Gasteiger partial charge in [0.1, 0.15) is 19.0 Å². The second kappa shape index (κ2) is 14.8. The molecule has 1 aliphatic rings. The molecule has 8 heteroatoms. The van der Waals surface area contributed by atoms with Crippen LogP contribution in [-0.2, 0) is 23.7 Å². The molecule has 0 unspecified atom stereocenters. The van der Waals surface area contributed by atoms with Crippen molar-refractivity contribution in [3.63, 3.8) is 0 Å². The largest absolute Gasteiger partial charge is 0.491 e. The number of hydrogen-bond acceptors (Lipinski definition) is 7. The van der Waals surface area contributed by atoms with Gasteiger partial charge in [-0.25, -0.2) is 0 Å². The summed E-state index contributed by atoms with van der Waals surface area (Å²) in [5, 5.41) is 5.98. The van der Waals surface area contributed by atoms with E-state index < -0.39 is 0 Å². The van der Waals surface area contributed by atoms with Crippen LogP contribution in [0.3, 0.4) is 0 Å². The first kappa shape index (κ1) is 23.1. The first-order chi connectivity index (χ1) is 14.3. The maximum atomic E-state index is 11.9. The lowest BCUT2D eigenvalue weighted by Crippen LogP contribution is -2.48. The minimum absolute atomic E-state index is 0.0497. The van der Waals surface area contributed by atoms with Crippen molar-refractivity contribution in [2.75, 3.05) is 77.9 Å². The van der Waals surface area contributed by atoms with Gasteiger partial charge in [0.2, 0.25) is 5.91 Å². The van der Waals surface area contributed by atoms with Gasteiger partial charge in [-0.15, -0.1) is 6.42 Å². The van der Waals surface area contributed by atoms with E-state index in [9.17, 15) is 4.79 Å². The molecule has 1 heterocycles. The summed E-state index contributed by atoms with van der Waals surface area (Å²) in [5.74, 6) is 3.24. The molecule has 8 nitrogen and oxygen atoms in total. The highest BCUT2D eigenvalue weighted by Crippen LogP contribution is 2.17. The van der Waals surface area contributed by atoms with Gasteiger partial charge in [-0.2, -0.15) is 0 Å². The lowest BCUT2D eigenvalue weighted by molar-refractivity contribution is -0.121. The Kier molecular flexibility index (Phi) is 11.8. The van der Waals surface area contributed by atoms with Crippen LogP contribution in [0.5, 0.6) is 5.75 Å². The van der Waals surface area contributed by atoms with Gasteiger partial charge in [-0.1, -0.05) is 5.92 Å². The highest BCUT2D eigenvalue weighted by molar-refractivity contribution is 5.93. The number of ether oxygens (including phenoxy) is 5. The van der Waals surface area contributed by atoms with Crippen molar-refractivity contribution in [1.82, 2.24) is 5.32 Å². The smallest absolute Gasteiger partial charge is 0.230 e. The summed E-state index contributed by atoms with van der Waals surface area (Å²) in [6.07, 6.45) is 5.06. The van der Waals surface area contributed by atoms with Gasteiger partial charge in [0, 0.05) is 18.8 Å². The Morgan fingerprint density at radius 2 is 1.48 bits per heavy atom. The molecule has 0 atom stereocenters. The number of carbonyl (C=O) groups excluding carboxylic acids is 1. The molecule has 0 aromatic heterocycles. The van der Waals surface area contributed by atoms with Gasteiger partial charge >= 0.3 is 0 Å². The van der Waals surface area contributed by atoms with E-state index in [-0.39, 0.29) is 11.8 Å². The fourth-order valence-electron chi connectivity index (χ4n) is 2.36. The van der Waals surface area contributed by atoms with Crippen LogP contribution in [0.4, 0.5) is 5.69 Å². The zero-order valence-corrected chi connectivity index (χ0v) is 16.7. The van der Waals surface area contributed by atoms with Crippen LogP contribution in [-0.4, -0.2) is 78.5 Å². The standard InChI is InChI=1S/C21H30N2O6/c1-2-7-25-8-9-26-10-11-27-12-13-28-14-15-29-20-5-3-19(4-6-20)23-21(24)18-16-22-17-18/h1,3-6,18,22H,7-17H2,(H,23,24). The number of amides is 1. The van der Waals surface area contributed by atoms with E-state index in [0.29, 0.717) is 59.5 Å². The SMILES string of the molecule is C#CCOCCOCCOCCOCCOc1ccc(NC(=O)C2CNC2)cc1. The van der Waals surface area contributed by atoms with E-state index in [1.54, 1.807) is 0 Å². The van der Waals surface area contributed by atoms with Gasteiger partial charge in [-0.05, 0) is 24.3 Å². The van der Waals surface area contributed by atoms with Crippen LogP contribution in [0.1, 0.15) is 0 Å². The number of benzene rings is 1. The molecule has 0 bridgehead atoms. The molecule has 0 saturated carbocycles. The predicted molar refractivity (Wildman–Crippen MR) is 109 cm³/mol. The average Bonchev–Trinajstić information content (AvgIpc) is 2.68. The number of carbonyl (C=O) groups is 1. The number of rotatable bonds is 16. The highest BCUT2D eigenvalue weighted by Gasteiger charge is 2.24. The number of hydrogen-bond donors (Lipinski definition) is 2. The quantitative estimate of drug-likeness (QED) is 0.312. The van der Waals surface area contributed by atoms with E-state index in [4.69, 9.17) is 30.1 Å². The Balaban J connectivity index is 1.39. The Bertz CT molecular complexity index is 613. The van der Waals surface area contributed by atoms with Crippen molar-refractivity contribution in [3.05, 3.63) is 24.3 Å². The van der Waals surface area contributed by atoms with Gasteiger partial charge in [-0.3, -0.25) is 4.79 Å². The summed E-state index contributed by atoms with van der Waals surface area (Å²) in [6, 6.07) is 7.32. The second-order valence-corrected chi connectivity index (χ2v) is 6.31. The molecular weight excluding hydrogens is 376 g/mol. The van der Waals surface area contributed by atoms with Crippen molar-refractivity contribution >= 4 is 11.6 Å². The molecule has 1 saturated heterocycles. The average molecular weight is 406 g/mol. The molecule has 1 aromatic carbocycles. The molecule has 1 aromatic rings. The van der Waals surface area contributed by atoms with Crippen LogP contribution in [0.15, 0.2) is 24.3 Å². The van der Waals surface area contributed by atoms with Crippen molar-refractivity contribution in [2.45, 2.75) is 0 Å². The minimum Gasteiger partial charge on any atom is -0.491 e. The second-order valence-electron chi connectivity index (χ2n) is 6.31. The molecule has 1 amide bonds. The molecular formula is C21H30N2O6. The molecule has 160 valence electrons. The van der Waals surface area contributed by atoms with E-state index in [0.717, 1.165) is 24.5 Å². The minimum atomic E-state index is 0.0497. The summed E-state index contributed by atoms with van der Waals surface area (Å²) in [7, 11) is 0. The monoisotopic (exact) mass is 406 g/mol. The highest BCUT2D eigenvalue weighted by atomic mass is 16.6. The van der Waals surface area contributed by atoms with Gasteiger partial charge in [0.15, 0.2) is 0 Å². The number of nitrogens with one attached hydrogen (secondary N) is 2. The fourth-order valence-corrected chi connectivity index (χ4v) is 2.36. The predicted octanol–water partition coefficient (Wildman–Crippen LogP) is 0.923. The van der Waals surface area contributed by atoms with E-state index in [1.165, 1.54) is 0 Å². The normalized spacial score (nSPS) is 13.5. The third-order valence-corrected chi connectivity index (χ3v) is 4.07. The molecule has 2 rings (SSSR count). The lowest BCUT2D eigenvalue weighted by atomic mass is 10.0. The van der Waals surface area contributed by atoms with Crippen molar-refractivity contribution < 1.29 is 28.5 Å². The summed E-state index contributed by atoms with van der Waals surface area (Å²) in [4.78, 5) is 11.9. The molecule has 29 heavy (non-hydrogen) atoms. The molecule has 0 aliphatic carbocycles. The summed E-state index contributed by atoms with van der Waals surface area (Å²) in [5.41, 5.74) is 0.770. The topological polar surface area (TPSA) is 87.3 Å². The van der Waals surface area contributed by atoms with Crippen LogP contribution in [0.25, 0.3) is 0 Å². The van der Waals surface area contributed by atoms with Crippen LogP contribution in [0.2, 0.25) is 0 Å². The molecule has 1 aliphatic heterocycles. The van der Waals surface area contributed by atoms with Crippen LogP contribution >= 0.6 is 0 Å². The maximum absolute atomic E-state index is 11.9. The summed E-state index contributed by atoms with van der Waals surface area (Å²) in [6.45, 7) is 5.73. The zero-order chi connectivity index (χ0) is 20.6. The molecule has 1 fully saturated rings. The lowest BCUT2D eigenvalue weighted by Gasteiger charge is -2.25. The van der Waals surface area contributed by atoms with Crippen LogP contribution in [0, 0.1) is 18.3 Å². The zero-order valence-electron chi connectivity index (χ0n) is 16.7. The van der Waals surface area contributed by atoms with Gasteiger partial charge < -0.3 is 34.3 Å².